The van der Waals surface area contributed by atoms with Crippen molar-refractivity contribution < 1.29 is 26.3 Å². The van der Waals surface area contributed by atoms with Crippen molar-refractivity contribution in [2.24, 2.45) is 0 Å². The Bertz CT molecular complexity index is 2060. The lowest BCUT2D eigenvalue weighted by molar-refractivity contribution is -0.287. The minimum Gasteiger partial charge on any atom is -0.308 e. The minimum atomic E-state index is -5.72. The van der Waals surface area contributed by atoms with Crippen molar-refractivity contribution in [1.29, 1.82) is 0 Å². The number of hydrogen-bond donors (Lipinski definition) is 0. The number of para-hydroxylation sites is 4. The van der Waals surface area contributed by atoms with Crippen LogP contribution in [0.15, 0.2) is 153 Å². The van der Waals surface area contributed by atoms with Crippen LogP contribution in [-0.4, -0.2) is 12.4 Å². The van der Waals surface area contributed by atoms with E-state index in [-0.39, 0.29) is 22.5 Å². The molecule has 1 aliphatic carbocycles. The predicted molar refractivity (Wildman–Crippen MR) is 182 cm³/mol. The summed E-state index contributed by atoms with van der Waals surface area (Å²) >= 11 is 3.00. The van der Waals surface area contributed by atoms with Crippen molar-refractivity contribution in [3.8, 4) is 11.1 Å². The zero-order valence-corrected chi connectivity index (χ0v) is 26.8. The Morgan fingerprint density at radius 3 is 1.02 bits per heavy atom. The molecule has 2 heterocycles. The van der Waals surface area contributed by atoms with Gasteiger partial charge in [-0.15, -0.1) is 0 Å². The Morgan fingerprint density at radius 1 is 0.408 bits per heavy atom. The first-order valence-electron chi connectivity index (χ1n) is 15.3. The van der Waals surface area contributed by atoms with Crippen LogP contribution < -0.4 is 9.80 Å². The number of fused-ring (bicyclic) bond motifs is 7. The van der Waals surface area contributed by atoms with Gasteiger partial charge in [-0.3, -0.25) is 0 Å². The molecule has 0 amide bonds. The van der Waals surface area contributed by atoms with E-state index in [1.807, 2.05) is 72.8 Å². The van der Waals surface area contributed by atoms with Crippen molar-refractivity contribution in [1.82, 2.24) is 0 Å². The monoisotopic (exact) mass is 696 g/mol. The Hall–Kier alpha value is -4.80. The van der Waals surface area contributed by atoms with Gasteiger partial charge in [-0.2, -0.15) is 26.3 Å². The van der Waals surface area contributed by atoms with Crippen LogP contribution in [0.1, 0.15) is 11.1 Å². The standard InChI is InChI=1S/C39H22F6N2S2/c40-38(41,42)37(39(43,44)45)27-21-23(46-29-9-1-5-13-33(29)48-34-14-6-2-10-30(34)46)17-19-25(27)26-20-18-24(22-28(26)37)47-31-11-3-7-15-35(31)49-36-16-8-4-12-32(36)47/h1-22H. The molecule has 9 rings (SSSR count). The van der Waals surface area contributed by atoms with Gasteiger partial charge in [0.2, 0.25) is 5.41 Å². The molecule has 0 saturated carbocycles. The molecule has 3 aliphatic rings. The highest BCUT2D eigenvalue weighted by molar-refractivity contribution is 8.00. The number of alkyl halides is 6. The largest absolute Gasteiger partial charge is 0.411 e. The molecule has 10 heteroatoms. The van der Waals surface area contributed by atoms with E-state index < -0.39 is 28.9 Å². The van der Waals surface area contributed by atoms with Gasteiger partial charge in [0.25, 0.3) is 0 Å². The number of rotatable bonds is 2. The van der Waals surface area contributed by atoms with Crippen LogP contribution in [0.25, 0.3) is 11.1 Å². The molecular weight excluding hydrogens is 675 g/mol. The molecule has 0 radical (unpaired) electrons. The van der Waals surface area contributed by atoms with Gasteiger partial charge in [0.15, 0.2) is 0 Å². The van der Waals surface area contributed by atoms with Gasteiger partial charge >= 0.3 is 12.4 Å². The fourth-order valence-corrected chi connectivity index (χ4v) is 9.43. The lowest BCUT2D eigenvalue weighted by Gasteiger charge is -2.38. The molecule has 0 N–H and O–H groups in total. The maximum atomic E-state index is 15.6. The molecule has 0 aromatic heterocycles. The van der Waals surface area contributed by atoms with Crippen LogP contribution in [0.2, 0.25) is 0 Å². The smallest absolute Gasteiger partial charge is 0.308 e. The molecule has 6 aromatic rings. The Morgan fingerprint density at radius 2 is 0.714 bits per heavy atom. The quantitative estimate of drug-likeness (QED) is 0.166. The van der Waals surface area contributed by atoms with E-state index in [0.29, 0.717) is 22.7 Å². The number of hydrogen-bond acceptors (Lipinski definition) is 4. The topological polar surface area (TPSA) is 6.48 Å². The Labute approximate surface area is 286 Å². The SMILES string of the molecule is FC(F)(F)C1(C(F)(F)F)c2cc(N3c4ccccc4Sc4ccccc43)ccc2-c2ccc(N3c4ccccc4Sc4ccccc43)cc21. The third-order valence-corrected chi connectivity index (χ3v) is 11.6. The van der Waals surface area contributed by atoms with Gasteiger partial charge in [0.05, 0.1) is 22.7 Å². The normalized spacial score (nSPS) is 15.5. The Kier molecular flexibility index (Phi) is 6.55. The molecule has 2 aliphatic heterocycles. The van der Waals surface area contributed by atoms with Gasteiger partial charge in [-0.1, -0.05) is 84.2 Å². The van der Waals surface area contributed by atoms with E-state index in [9.17, 15) is 0 Å². The van der Waals surface area contributed by atoms with Gasteiger partial charge in [0, 0.05) is 31.0 Å². The first kappa shape index (κ1) is 30.3. The summed E-state index contributed by atoms with van der Waals surface area (Å²) < 4.78 is 93.7. The molecule has 0 bridgehead atoms. The van der Waals surface area contributed by atoms with E-state index >= 15 is 26.3 Å². The lowest BCUT2D eigenvalue weighted by atomic mass is 9.76. The maximum Gasteiger partial charge on any atom is 0.411 e. The first-order chi connectivity index (χ1) is 23.6. The van der Waals surface area contributed by atoms with E-state index in [2.05, 4.69) is 0 Å². The highest BCUT2D eigenvalue weighted by Gasteiger charge is 2.75. The summed E-state index contributed by atoms with van der Waals surface area (Å²) in [6.07, 6.45) is -11.4. The number of halogens is 6. The van der Waals surface area contributed by atoms with Gasteiger partial charge in [0.1, 0.15) is 0 Å². The minimum absolute atomic E-state index is 0.0945. The van der Waals surface area contributed by atoms with Crippen molar-refractivity contribution >= 4 is 57.6 Å². The number of nitrogens with zero attached hydrogens (tertiary/aromatic N) is 2. The van der Waals surface area contributed by atoms with Crippen LogP contribution in [-0.2, 0) is 5.41 Å². The van der Waals surface area contributed by atoms with Crippen molar-refractivity contribution in [2.75, 3.05) is 9.80 Å². The number of anilines is 6. The summed E-state index contributed by atoms with van der Waals surface area (Å²) in [6.45, 7) is 0. The summed E-state index contributed by atoms with van der Waals surface area (Å²) in [5.74, 6) is 0. The summed E-state index contributed by atoms with van der Waals surface area (Å²) in [5.41, 5.74) is -3.01. The van der Waals surface area contributed by atoms with Gasteiger partial charge in [-0.05, 0) is 95.1 Å². The predicted octanol–water partition coefficient (Wildman–Crippen LogP) is 12.9. The van der Waals surface area contributed by atoms with E-state index in [4.69, 9.17) is 0 Å². The second-order valence-electron chi connectivity index (χ2n) is 12.0. The third-order valence-electron chi connectivity index (χ3n) is 9.34. The molecule has 242 valence electrons. The molecule has 0 fully saturated rings. The Balaban J connectivity index is 1.28. The van der Waals surface area contributed by atoms with Gasteiger partial charge in [-0.25, -0.2) is 0 Å². The van der Waals surface area contributed by atoms with E-state index in [1.165, 1.54) is 35.7 Å². The maximum absolute atomic E-state index is 15.6. The molecule has 6 aromatic carbocycles. The van der Waals surface area contributed by atoms with Crippen molar-refractivity contribution in [2.45, 2.75) is 37.3 Å². The summed E-state index contributed by atoms with van der Waals surface area (Å²) in [7, 11) is 0. The molecule has 0 saturated heterocycles. The summed E-state index contributed by atoms with van der Waals surface area (Å²) in [6, 6.07) is 37.6. The zero-order valence-electron chi connectivity index (χ0n) is 25.2. The fraction of sp³-hybridized carbons (Fsp3) is 0.0769. The molecule has 0 atom stereocenters. The van der Waals surface area contributed by atoms with Crippen molar-refractivity contribution in [3.63, 3.8) is 0 Å². The van der Waals surface area contributed by atoms with Crippen LogP contribution in [0.5, 0.6) is 0 Å². The molecule has 49 heavy (non-hydrogen) atoms. The zero-order chi connectivity index (χ0) is 33.7. The average molecular weight is 697 g/mol. The van der Waals surface area contributed by atoms with Crippen LogP contribution in [0.4, 0.5) is 60.5 Å². The molecule has 0 unspecified atom stereocenters. The van der Waals surface area contributed by atoms with Crippen molar-refractivity contribution in [3.05, 3.63) is 145 Å². The highest BCUT2D eigenvalue weighted by atomic mass is 32.2. The molecular formula is C39H22F6N2S2. The highest BCUT2D eigenvalue weighted by Crippen LogP contribution is 2.65. The average Bonchev–Trinajstić information content (AvgIpc) is 3.40. The summed E-state index contributed by atoms with van der Waals surface area (Å²) in [4.78, 5) is 6.85. The van der Waals surface area contributed by atoms with Crippen LogP contribution in [0.3, 0.4) is 0 Å². The first-order valence-corrected chi connectivity index (χ1v) is 17.0. The van der Waals surface area contributed by atoms with Crippen LogP contribution in [0, 0.1) is 0 Å². The van der Waals surface area contributed by atoms with Gasteiger partial charge < -0.3 is 9.80 Å². The molecule has 2 nitrogen and oxygen atoms in total. The molecule has 0 spiro atoms. The second kappa shape index (κ2) is 10.6. The lowest BCUT2D eigenvalue weighted by Crippen LogP contribution is -2.53. The second-order valence-corrected chi connectivity index (χ2v) is 14.1. The summed E-state index contributed by atoms with van der Waals surface area (Å²) in [5, 5.41) is 0. The third kappa shape index (κ3) is 4.26. The van der Waals surface area contributed by atoms with E-state index in [0.717, 1.165) is 31.7 Å². The van der Waals surface area contributed by atoms with Crippen LogP contribution >= 0.6 is 23.5 Å². The fourth-order valence-electron chi connectivity index (χ4n) is 7.32. The number of benzene rings is 6. The van der Waals surface area contributed by atoms with E-state index in [1.54, 1.807) is 46.2 Å².